The predicted octanol–water partition coefficient (Wildman–Crippen LogP) is -1.32. The molecule has 1 aliphatic heterocycles. The van der Waals surface area contributed by atoms with Crippen LogP contribution in [0.4, 0.5) is 0 Å². The third-order valence-corrected chi connectivity index (χ3v) is 2.53. The molecule has 0 radical (unpaired) electrons. The first-order chi connectivity index (χ1) is 6.11. The lowest BCUT2D eigenvalue weighted by Crippen LogP contribution is -2.47. The number of aliphatic hydroxyl groups excluding tert-OH is 3. The van der Waals surface area contributed by atoms with Gasteiger partial charge in [-0.05, 0) is 0 Å². The van der Waals surface area contributed by atoms with Crippen LogP contribution in [0.2, 0.25) is 0 Å². The van der Waals surface area contributed by atoms with Gasteiger partial charge in [-0.2, -0.15) is 0 Å². The summed E-state index contributed by atoms with van der Waals surface area (Å²) in [5.74, 6) is -1.51. The van der Waals surface area contributed by atoms with Crippen molar-refractivity contribution < 1.29 is 24.8 Å². The topological polar surface area (TPSA) is 79.2 Å². The average Bonchev–Trinajstić information content (AvgIpc) is 2.42. The molecule has 0 aromatic rings. The third kappa shape index (κ3) is 1.68. The Bertz CT molecular complexity index is 172. The second kappa shape index (κ2) is 4.08. The second-order valence-corrected chi connectivity index (χ2v) is 3.23. The van der Waals surface area contributed by atoms with Gasteiger partial charge in [-0.25, -0.2) is 0 Å². The van der Waals surface area contributed by atoms with Gasteiger partial charge in [0.05, 0.1) is 5.88 Å². The summed E-state index contributed by atoms with van der Waals surface area (Å²) in [6.45, 7) is -0.533. The first-order valence-corrected chi connectivity index (χ1v) is 4.40. The van der Waals surface area contributed by atoms with Gasteiger partial charge in [-0.15, -0.1) is 11.6 Å². The van der Waals surface area contributed by atoms with Gasteiger partial charge in [0.15, 0.2) is 0 Å². The minimum absolute atomic E-state index is 0.0311. The molecule has 1 fully saturated rings. The molecule has 0 bridgehead atoms. The van der Waals surface area contributed by atoms with Gasteiger partial charge in [-0.1, -0.05) is 0 Å². The van der Waals surface area contributed by atoms with Crippen molar-refractivity contribution in [3.05, 3.63) is 0 Å². The molecule has 1 aliphatic rings. The van der Waals surface area contributed by atoms with Crippen LogP contribution in [0.15, 0.2) is 0 Å². The fourth-order valence-electron chi connectivity index (χ4n) is 1.35. The summed E-state index contributed by atoms with van der Waals surface area (Å²) >= 11 is 5.48. The molecule has 3 N–H and O–H groups in total. The maximum atomic E-state index is 9.49. The zero-order valence-electron chi connectivity index (χ0n) is 7.18. The molecule has 0 unspecified atom stereocenters. The molecular formula is C7H13ClO5. The highest BCUT2D eigenvalue weighted by Gasteiger charge is 2.54. The standard InChI is InChI=1S/C7H13ClO5/c1-12-7(3-9)6(11)5(10)4(2-8)13-7/h4-6,9-11H,2-3H2,1H3/t4-,5-,6+,7+/m1/s1. The zero-order valence-corrected chi connectivity index (χ0v) is 7.94. The SMILES string of the molecule is CO[C@@]1(CO)O[C@H](CCl)[C@@H](O)[C@@H]1O. The number of alkyl halides is 1. The molecule has 0 aromatic heterocycles. The third-order valence-electron chi connectivity index (χ3n) is 2.22. The smallest absolute Gasteiger partial charge is 0.221 e. The maximum absolute atomic E-state index is 9.49. The van der Waals surface area contributed by atoms with Crippen molar-refractivity contribution in [1.29, 1.82) is 0 Å². The Kier molecular flexibility index (Phi) is 3.50. The number of aliphatic hydroxyl groups is 3. The summed E-state index contributed by atoms with van der Waals surface area (Å²) in [4.78, 5) is 0. The molecular weight excluding hydrogens is 200 g/mol. The van der Waals surface area contributed by atoms with Crippen LogP contribution in [0, 0.1) is 0 Å². The lowest BCUT2D eigenvalue weighted by molar-refractivity contribution is -0.259. The van der Waals surface area contributed by atoms with Gasteiger partial charge in [0.1, 0.15) is 24.9 Å². The Labute approximate surface area is 80.8 Å². The van der Waals surface area contributed by atoms with Crippen molar-refractivity contribution >= 4 is 11.6 Å². The molecule has 5 nitrogen and oxygen atoms in total. The van der Waals surface area contributed by atoms with E-state index in [-0.39, 0.29) is 5.88 Å². The van der Waals surface area contributed by atoms with Crippen LogP contribution in [0.25, 0.3) is 0 Å². The van der Waals surface area contributed by atoms with Gasteiger partial charge >= 0.3 is 0 Å². The second-order valence-electron chi connectivity index (χ2n) is 2.92. The Balaban J connectivity index is 2.79. The molecule has 0 saturated carbocycles. The summed E-state index contributed by atoms with van der Waals surface area (Å²) in [5, 5.41) is 27.8. The zero-order chi connectivity index (χ0) is 10.1. The molecule has 78 valence electrons. The van der Waals surface area contributed by atoms with E-state index in [1.165, 1.54) is 7.11 Å². The first kappa shape index (κ1) is 11.2. The lowest BCUT2D eigenvalue weighted by Gasteiger charge is -2.27. The fourth-order valence-corrected chi connectivity index (χ4v) is 1.59. The summed E-state index contributed by atoms with van der Waals surface area (Å²) < 4.78 is 9.94. The van der Waals surface area contributed by atoms with Gasteiger partial charge in [0.2, 0.25) is 5.79 Å². The van der Waals surface area contributed by atoms with Gasteiger partial charge in [-0.3, -0.25) is 0 Å². The highest BCUT2D eigenvalue weighted by Crippen LogP contribution is 2.32. The van der Waals surface area contributed by atoms with E-state index < -0.39 is 30.7 Å². The van der Waals surface area contributed by atoms with Crippen LogP contribution in [0.1, 0.15) is 0 Å². The molecule has 0 aliphatic carbocycles. The number of hydrogen-bond acceptors (Lipinski definition) is 5. The van der Waals surface area contributed by atoms with Gasteiger partial charge in [0.25, 0.3) is 0 Å². The Morgan fingerprint density at radius 3 is 2.38 bits per heavy atom. The van der Waals surface area contributed by atoms with Crippen molar-refractivity contribution in [1.82, 2.24) is 0 Å². The van der Waals surface area contributed by atoms with Crippen LogP contribution in [0.5, 0.6) is 0 Å². The summed E-state index contributed by atoms with van der Waals surface area (Å²) in [5.41, 5.74) is 0. The highest BCUT2D eigenvalue weighted by molar-refractivity contribution is 6.18. The molecule has 0 spiro atoms. The first-order valence-electron chi connectivity index (χ1n) is 3.87. The number of rotatable bonds is 3. The van der Waals surface area contributed by atoms with Crippen LogP contribution < -0.4 is 0 Å². The van der Waals surface area contributed by atoms with E-state index >= 15 is 0 Å². The maximum Gasteiger partial charge on any atom is 0.221 e. The number of hydrogen-bond donors (Lipinski definition) is 3. The normalized spacial score (nSPS) is 45.5. The Hall–Kier alpha value is 0.0900. The van der Waals surface area contributed by atoms with Crippen LogP contribution in [-0.2, 0) is 9.47 Å². The van der Waals surface area contributed by atoms with Crippen molar-refractivity contribution in [3.63, 3.8) is 0 Å². The molecule has 0 amide bonds. The molecule has 13 heavy (non-hydrogen) atoms. The minimum Gasteiger partial charge on any atom is -0.391 e. The Morgan fingerprint density at radius 2 is 2.15 bits per heavy atom. The molecule has 1 saturated heterocycles. The fraction of sp³-hybridized carbons (Fsp3) is 1.00. The minimum atomic E-state index is -1.54. The van der Waals surface area contributed by atoms with Crippen LogP contribution in [0.3, 0.4) is 0 Å². The van der Waals surface area contributed by atoms with E-state index in [0.29, 0.717) is 0 Å². The average molecular weight is 213 g/mol. The van der Waals surface area contributed by atoms with E-state index in [9.17, 15) is 10.2 Å². The molecule has 6 heteroatoms. The molecule has 0 aromatic carbocycles. The number of methoxy groups -OCH3 is 1. The van der Waals surface area contributed by atoms with Crippen molar-refractivity contribution in [2.24, 2.45) is 0 Å². The van der Waals surface area contributed by atoms with Crippen molar-refractivity contribution in [3.8, 4) is 0 Å². The molecule has 4 atom stereocenters. The molecule has 1 rings (SSSR count). The van der Waals surface area contributed by atoms with E-state index in [1.54, 1.807) is 0 Å². The van der Waals surface area contributed by atoms with Crippen molar-refractivity contribution in [2.75, 3.05) is 19.6 Å². The predicted molar refractivity (Wildman–Crippen MR) is 44.4 cm³/mol. The van der Waals surface area contributed by atoms with E-state index in [1.807, 2.05) is 0 Å². The van der Waals surface area contributed by atoms with Crippen LogP contribution >= 0.6 is 11.6 Å². The highest BCUT2D eigenvalue weighted by atomic mass is 35.5. The van der Waals surface area contributed by atoms with Gasteiger partial charge in [0, 0.05) is 7.11 Å². The number of halogens is 1. The summed E-state index contributed by atoms with van der Waals surface area (Å²) in [6.07, 6.45) is -3.14. The van der Waals surface area contributed by atoms with Gasteiger partial charge < -0.3 is 24.8 Å². The largest absolute Gasteiger partial charge is 0.391 e. The van der Waals surface area contributed by atoms with Crippen LogP contribution in [-0.4, -0.2) is 59.0 Å². The number of ether oxygens (including phenoxy) is 2. The summed E-state index contributed by atoms with van der Waals surface area (Å²) in [6, 6.07) is 0. The summed E-state index contributed by atoms with van der Waals surface area (Å²) in [7, 11) is 1.28. The van der Waals surface area contributed by atoms with E-state index in [2.05, 4.69) is 0 Å². The van der Waals surface area contributed by atoms with E-state index in [4.69, 9.17) is 26.2 Å². The van der Waals surface area contributed by atoms with Crippen molar-refractivity contribution in [2.45, 2.75) is 24.1 Å². The monoisotopic (exact) mass is 212 g/mol. The quantitative estimate of drug-likeness (QED) is 0.506. The molecule has 1 heterocycles. The lowest BCUT2D eigenvalue weighted by atomic mass is 10.1. The Morgan fingerprint density at radius 1 is 1.54 bits per heavy atom. The van der Waals surface area contributed by atoms with E-state index in [0.717, 1.165) is 0 Å².